The first kappa shape index (κ1) is 20.5. The lowest BCUT2D eigenvalue weighted by molar-refractivity contribution is -0.119. The van der Waals surface area contributed by atoms with Crippen LogP contribution in [0, 0.1) is 5.82 Å². The van der Waals surface area contributed by atoms with Crippen molar-refractivity contribution in [3.8, 4) is 0 Å². The standard InChI is InChI=1S/C21H25FN2O3S/c1-2-3-5-16-7-11-18(12-8-16)23-21(25)20-6-4-15-24(20)28(26,27)19-13-9-17(22)10-14-19/h7-14,20H,2-6,15H2,1H3,(H,23,25). The maximum absolute atomic E-state index is 13.1. The van der Waals surface area contributed by atoms with Gasteiger partial charge in [-0.25, -0.2) is 12.8 Å². The molecule has 1 aliphatic heterocycles. The third kappa shape index (κ3) is 4.59. The van der Waals surface area contributed by atoms with Crippen LogP contribution < -0.4 is 5.32 Å². The van der Waals surface area contributed by atoms with E-state index in [1.54, 1.807) is 0 Å². The summed E-state index contributed by atoms with van der Waals surface area (Å²) in [5, 5.41) is 2.82. The van der Waals surface area contributed by atoms with Gasteiger partial charge in [-0.05, 0) is 67.6 Å². The molecule has 0 aliphatic carbocycles. The van der Waals surface area contributed by atoms with Gasteiger partial charge in [0.05, 0.1) is 4.90 Å². The van der Waals surface area contributed by atoms with Crippen molar-refractivity contribution < 1.29 is 17.6 Å². The first-order valence-electron chi connectivity index (χ1n) is 9.59. The predicted molar refractivity (Wildman–Crippen MR) is 107 cm³/mol. The monoisotopic (exact) mass is 404 g/mol. The summed E-state index contributed by atoms with van der Waals surface area (Å²) in [5.41, 5.74) is 1.86. The van der Waals surface area contributed by atoms with Crippen LogP contribution in [0.15, 0.2) is 53.4 Å². The Morgan fingerprint density at radius 2 is 1.82 bits per heavy atom. The molecule has 1 atom stereocenters. The maximum Gasteiger partial charge on any atom is 0.243 e. The molecule has 5 nitrogen and oxygen atoms in total. The van der Waals surface area contributed by atoms with Crippen molar-refractivity contribution in [2.45, 2.75) is 50.0 Å². The Balaban J connectivity index is 1.71. The van der Waals surface area contributed by atoms with E-state index in [1.165, 1.54) is 22.0 Å². The van der Waals surface area contributed by atoms with Crippen LogP contribution in [0.25, 0.3) is 0 Å². The van der Waals surface area contributed by atoms with Gasteiger partial charge in [-0.15, -0.1) is 0 Å². The van der Waals surface area contributed by atoms with Crippen LogP contribution >= 0.6 is 0 Å². The van der Waals surface area contributed by atoms with Crippen molar-refractivity contribution in [1.82, 2.24) is 4.31 Å². The quantitative estimate of drug-likeness (QED) is 0.760. The average molecular weight is 405 g/mol. The Kier molecular flexibility index (Phi) is 6.46. The van der Waals surface area contributed by atoms with E-state index in [4.69, 9.17) is 0 Å². The summed E-state index contributed by atoms with van der Waals surface area (Å²) < 4.78 is 40.1. The molecule has 2 aromatic rings. The van der Waals surface area contributed by atoms with Crippen LogP contribution in [-0.4, -0.2) is 31.2 Å². The Bertz CT molecular complexity index is 912. The first-order valence-corrected chi connectivity index (χ1v) is 11.0. The average Bonchev–Trinajstić information content (AvgIpc) is 3.19. The summed E-state index contributed by atoms with van der Waals surface area (Å²) in [6.45, 7) is 2.41. The van der Waals surface area contributed by atoms with Crippen molar-refractivity contribution in [3.05, 3.63) is 59.9 Å². The maximum atomic E-state index is 13.1. The minimum atomic E-state index is -3.85. The zero-order valence-corrected chi connectivity index (χ0v) is 16.7. The van der Waals surface area contributed by atoms with Crippen LogP contribution in [0.3, 0.4) is 0 Å². The Hall–Kier alpha value is -2.25. The van der Waals surface area contributed by atoms with Gasteiger partial charge in [0.1, 0.15) is 11.9 Å². The lowest BCUT2D eigenvalue weighted by Gasteiger charge is -2.23. The molecule has 1 fully saturated rings. The topological polar surface area (TPSA) is 66.5 Å². The number of carbonyl (C=O) groups excluding carboxylic acids is 1. The smallest absolute Gasteiger partial charge is 0.243 e. The molecule has 0 radical (unpaired) electrons. The second-order valence-electron chi connectivity index (χ2n) is 7.02. The number of aryl methyl sites for hydroxylation is 1. The highest BCUT2D eigenvalue weighted by atomic mass is 32.2. The largest absolute Gasteiger partial charge is 0.325 e. The fraction of sp³-hybridized carbons (Fsp3) is 0.381. The van der Waals surface area contributed by atoms with Gasteiger partial charge in [-0.1, -0.05) is 25.5 Å². The number of amides is 1. The highest BCUT2D eigenvalue weighted by Crippen LogP contribution is 2.27. The van der Waals surface area contributed by atoms with Crippen LogP contribution in [0.4, 0.5) is 10.1 Å². The number of rotatable bonds is 7. The number of unbranched alkanes of at least 4 members (excludes halogenated alkanes) is 1. The van der Waals surface area contributed by atoms with E-state index in [0.29, 0.717) is 18.5 Å². The number of halogens is 1. The summed E-state index contributed by atoms with van der Waals surface area (Å²) >= 11 is 0. The van der Waals surface area contributed by atoms with Crippen molar-refractivity contribution >= 4 is 21.6 Å². The number of sulfonamides is 1. The van der Waals surface area contributed by atoms with Gasteiger partial charge in [0, 0.05) is 12.2 Å². The van der Waals surface area contributed by atoms with Gasteiger partial charge in [0.15, 0.2) is 0 Å². The second kappa shape index (κ2) is 8.84. The van der Waals surface area contributed by atoms with Gasteiger partial charge >= 0.3 is 0 Å². The third-order valence-corrected chi connectivity index (χ3v) is 6.89. The molecule has 150 valence electrons. The fourth-order valence-corrected chi connectivity index (χ4v) is 5.05. The van der Waals surface area contributed by atoms with Gasteiger partial charge in [0.25, 0.3) is 0 Å². The number of carbonyl (C=O) groups is 1. The van der Waals surface area contributed by atoms with E-state index in [0.717, 1.165) is 31.4 Å². The van der Waals surface area contributed by atoms with Gasteiger partial charge < -0.3 is 5.32 Å². The minimum Gasteiger partial charge on any atom is -0.325 e. The van der Waals surface area contributed by atoms with Gasteiger partial charge in [-0.3, -0.25) is 4.79 Å². The Morgan fingerprint density at radius 1 is 1.14 bits per heavy atom. The molecule has 1 N–H and O–H groups in total. The van der Waals surface area contributed by atoms with Crippen LogP contribution in [0.2, 0.25) is 0 Å². The van der Waals surface area contributed by atoms with Crippen LogP contribution in [0.1, 0.15) is 38.2 Å². The molecule has 1 heterocycles. The number of anilines is 1. The molecule has 0 saturated carbocycles. The normalized spacial score (nSPS) is 17.6. The number of hydrogen-bond donors (Lipinski definition) is 1. The summed E-state index contributed by atoms with van der Waals surface area (Å²) in [7, 11) is -3.85. The lowest BCUT2D eigenvalue weighted by Crippen LogP contribution is -2.43. The molecule has 1 unspecified atom stereocenters. The second-order valence-corrected chi connectivity index (χ2v) is 8.91. The van der Waals surface area contributed by atoms with Crippen molar-refractivity contribution in [2.75, 3.05) is 11.9 Å². The summed E-state index contributed by atoms with van der Waals surface area (Å²) in [6.07, 6.45) is 4.30. The molecule has 1 aliphatic rings. The van der Waals surface area contributed by atoms with E-state index >= 15 is 0 Å². The van der Waals surface area contributed by atoms with Crippen LogP contribution in [0.5, 0.6) is 0 Å². The molecular formula is C21H25FN2O3S. The highest BCUT2D eigenvalue weighted by Gasteiger charge is 2.39. The molecule has 1 amide bonds. The summed E-state index contributed by atoms with van der Waals surface area (Å²) in [5.74, 6) is -0.846. The van der Waals surface area contributed by atoms with Gasteiger partial charge in [0.2, 0.25) is 15.9 Å². The van der Waals surface area contributed by atoms with Crippen molar-refractivity contribution in [3.63, 3.8) is 0 Å². The zero-order valence-electron chi connectivity index (χ0n) is 15.9. The number of benzene rings is 2. The van der Waals surface area contributed by atoms with E-state index in [-0.39, 0.29) is 17.3 Å². The molecule has 2 aromatic carbocycles. The van der Waals surface area contributed by atoms with Gasteiger partial charge in [-0.2, -0.15) is 4.31 Å². The Morgan fingerprint density at radius 3 is 2.46 bits per heavy atom. The van der Waals surface area contributed by atoms with E-state index in [9.17, 15) is 17.6 Å². The molecule has 1 saturated heterocycles. The number of hydrogen-bond acceptors (Lipinski definition) is 3. The molecule has 0 bridgehead atoms. The molecule has 0 aromatic heterocycles. The lowest BCUT2D eigenvalue weighted by atomic mass is 10.1. The molecule has 3 rings (SSSR count). The summed E-state index contributed by atoms with van der Waals surface area (Å²) in [4.78, 5) is 12.7. The van der Waals surface area contributed by atoms with E-state index < -0.39 is 21.9 Å². The molecule has 7 heteroatoms. The van der Waals surface area contributed by atoms with Crippen LogP contribution in [-0.2, 0) is 21.2 Å². The molecule has 0 spiro atoms. The van der Waals surface area contributed by atoms with Crippen molar-refractivity contribution in [1.29, 1.82) is 0 Å². The third-order valence-electron chi connectivity index (χ3n) is 4.97. The number of nitrogens with zero attached hydrogens (tertiary/aromatic N) is 1. The minimum absolute atomic E-state index is 0.00567. The van der Waals surface area contributed by atoms with E-state index in [1.807, 2.05) is 24.3 Å². The zero-order chi connectivity index (χ0) is 20.1. The predicted octanol–water partition coefficient (Wildman–Crippen LogP) is 3.96. The molecule has 28 heavy (non-hydrogen) atoms. The number of nitrogens with one attached hydrogen (secondary N) is 1. The Labute approximate surface area is 165 Å². The molecular weight excluding hydrogens is 379 g/mol. The van der Waals surface area contributed by atoms with Crippen molar-refractivity contribution in [2.24, 2.45) is 0 Å². The SMILES string of the molecule is CCCCc1ccc(NC(=O)C2CCCN2S(=O)(=O)c2ccc(F)cc2)cc1. The fourth-order valence-electron chi connectivity index (χ4n) is 3.39. The first-order chi connectivity index (χ1) is 13.4. The highest BCUT2D eigenvalue weighted by molar-refractivity contribution is 7.89. The summed E-state index contributed by atoms with van der Waals surface area (Å²) in [6, 6.07) is 11.6. The van der Waals surface area contributed by atoms with E-state index in [2.05, 4.69) is 12.2 Å².